The van der Waals surface area contributed by atoms with E-state index in [0.717, 1.165) is 4.88 Å². The molecule has 0 aliphatic rings. The number of phenols is 1. The van der Waals surface area contributed by atoms with E-state index in [9.17, 15) is 14.7 Å². The largest absolute Gasteiger partial charge is 0.508 e. The Balaban J connectivity index is 1.95. The van der Waals surface area contributed by atoms with Crippen LogP contribution < -0.4 is 5.32 Å². The van der Waals surface area contributed by atoms with E-state index in [2.05, 4.69) is 5.32 Å². The first-order chi connectivity index (χ1) is 11.3. The summed E-state index contributed by atoms with van der Waals surface area (Å²) in [5, 5.41) is 12.5. The average molecular weight is 346 g/mol. The molecule has 0 radical (unpaired) electrons. The predicted molar refractivity (Wildman–Crippen MR) is 95.8 cm³/mol. The number of rotatable bonds is 5. The molecule has 0 fully saturated rings. The third-order valence-electron chi connectivity index (χ3n) is 3.68. The first-order valence-electron chi connectivity index (χ1n) is 7.70. The Morgan fingerprint density at radius 3 is 2.54 bits per heavy atom. The van der Waals surface area contributed by atoms with Crippen molar-refractivity contribution < 1.29 is 14.7 Å². The van der Waals surface area contributed by atoms with Crippen LogP contribution in [0, 0.1) is 13.8 Å². The second-order valence-corrected chi connectivity index (χ2v) is 7.26. The highest BCUT2D eigenvalue weighted by Crippen LogP contribution is 2.18. The summed E-state index contributed by atoms with van der Waals surface area (Å²) in [6.07, 6.45) is 0. The van der Waals surface area contributed by atoms with E-state index in [1.165, 1.54) is 17.4 Å². The van der Waals surface area contributed by atoms with Gasteiger partial charge < -0.3 is 15.3 Å². The summed E-state index contributed by atoms with van der Waals surface area (Å²) in [6, 6.07) is 8.31. The quantitative estimate of drug-likeness (QED) is 0.874. The number of aromatic hydroxyl groups is 1. The van der Waals surface area contributed by atoms with Gasteiger partial charge in [-0.1, -0.05) is 0 Å². The van der Waals surface area contributed by atoms with Gasteiger partial charge in [0.1, 0.15) is 5.75 Å². The number of aryl methyl sites for hydroxylation is 2. The van der Waals surface area contributed by atoms with Crippen molar-refractivity contribution in [3.05, 3.63) is 51.2 Å². The van der Waals surface area contributed by atoms with E-state index < -0.39 is 0 Å². The third kappa shape index (κ3) is 4.35. The predicted octanol–water partition coefficient (Wildman–Crippen LogP) is 2.96. The molecule has 0 spiro atoms. The van der Waals surface area contributed by atoms with Crippen LogP contribution in [-0.2, 0) is 0 Å². The second kappa shape index (κ2) is 7.49. The second-order valence-electron chi connectivity index (χ2n) is 5.97. The molecule has 2 amide bonds. The molecule has 0 bridgehead atoms. The van der Waals surface area contributed by atoms with Crippen molar-refractivity contribution in [3.63, 3.8) is 0 Å². The lowest BCUT2D eigenvalue weighted by molar-refractivity contribution is 0.0769. The summed E-state index contributed by atoms with van der Waals surface area (Å²) in [6.45, 7) is 5.97. The molecule has 5 nitrogen and oxygen atoms in total. The van der Waals surface area contributed by atoms with Gasteiger partial charge in [0, 0.05) is 30.1 Å². The van der Waals surface area contributed by atoms with Crippen LogP contribution >= 0.6 is 11.3 Å². The highest BCUT2D eigenvalue weighted by Gasteiger charge is 2.17. The van der Waals surface area contributed by atoms with E-state index in [0.29, 0.717) is 22.5 Å². The Labute approximate surface area is 145 Å². The number of carbonyl (C=O) groups is 2. The van der Waals surface area contributed by atoms with Crippen molar-refractivity contribution in [1.29, 1.82) is 0 Å². The van der Waals surface area contributed by atoms with Gasteiger partial charge in [0.2, 0.25) is 0 Å². The summed E-state index contributed by atoms with van der Waals surface area (Å²) < 4.78 is 0. The maximum absolute atomic E-state index is 12.4. The van der Waals surface area contributed by atoms with Gasteiger partial charge in [-0.3, -0.25) is 9.59 Å². The molecule has 1 aromatic heterocycles. The molecular weight excluding hydrogens is 324 g/mol. The number of amides is 2. The lowest BCUT2D eigenvalue weighted by atomic mass is 10.1. The molecule has 1 unspecified atom stereocenters. The molecule has 1 aromatic carbocycles. The van der Waals surface area contributed by atoms with E-state index in [1.54, 1.807) is 37.1 Å². The minimum Gasteiger partial charge on any atom is -0.508 e. The Morgan fingerprint density at radius 2 is 1.96 bits per heavy atom. The summed E-state index contributed by atoms with van der Waals surface area (Å²) >= 11 is 1.45. The zero-order valence-electron chi connectivity index (χ0n) is 14.3. The molecule has 6 heteroatoms. The van der Waals surface area contributed by atoms with E-state index >= 15 is 0 Å². The number of likely N-dealkylation sites (N-methyl/N-ethyl adjacent to an activating group) is 1. The van der Waals surface area contributed by atoms with Crippen LogP contribution in [0.1, 0.15) is 37.4 Å². The molecule has 2 N–H and O–H groups in total. The van der Waals surface area contributed by atoms with E-state index in [4.69, 9.17) is 0 Å². The number of hydrogen-bond donors (Lipinski definition) is 2. The molecule has 0 saturated heterocycles. The van der Waals surface area contributed by atoms with Gasteiger partial charge in [-0.2, -0.15) is 0 Å². The number of benzene rings is 1. The van der Waals surface area contributed by atoms with Crippen LogP contribution in [-0.4, -0.2) is 41.5 Å². The molecule has 2 aromatic rings. The minimum atomic E-state index is -0.174. The van der Waals surface area contributed by atoms with Crippen molar-refractivity contribution >= 4 is 23.2 Å². The van der Waals surface area contributed by atoms with Gasteiger partial charge >= 0.3 is 0 Å². The van der Waals surface area contributed by atoms with Crippen molar-refractivity contribution in [2.24, 2.45) is 0 Å². The maximum atomic E-state index is 12.4. The smallest absolute Gasteiger partial charge is 0.261 e. The van der Waals surface area contributed by atoms with Crippen molar-refractivity contribution in [1.82, 2.24) is 10.2 Å². The fourth-order valence-corrected chi connectivity index (χ4v) is 3.17. The highest BCUT2D eigenvalue weighted by molar-refractivity contribution is 7.13. The van der Waals surface area contributed by atoms with Gasteiger partial charge in [0.15, 0.2) is 0 Å². The molecular formula is C18H22N2O3S. The number of hydrogen-bond acceptors (Lipinski definition) is 4. The molecule has 24 heavy (non-hydrogen) atoms. The van der Waals surface area contributed by atoms with Gasteiger partial charge in [0.25, 0.3) is 11.8 Å². The zero-order valence-corrected chi connectivity index (χ0v) is 15.1. The summed E-state index contributed by atoms with van der Waals surface area (Å²) in [4.78, 5) is 27.9. The van der Waals surface area contributed by atoms with E-state index in [-0.39, 0.29) is 23.6 Å². The van der Waals surface area contributed by atoms with Crippen LogP contribution in [0.4, 0.5) is 0 Å². The van der Waals surface area contributed by atoms with Crippen molar-refractivity contribution in [2.45, 2.75) is 26.8 Å². The number of phenolic OH excluding ortho intramolecular Hbond substituents is 1. The summed E-state index contributed by atoms with van der Waals surface area (Å²) in [7, 11) is 1.70. The minimum absolute atomic E-state index is 0.123. The normalized spacial score (nSPS) is 11.8. The fourth-order valence-electron chi connectivity index (χ4n) is 2.40. The van der Waals surface area contributed by atoms with Gasteiger partial charge in [-0.05, 0) is 56.7 Å². The Bertz CT molecular complexity index is 754. The molecule has 0 aliphatic heterocycles. The standard InChI is InChI=1S/C18H22N2O3S/c1-11-9-14(6-7-15(11)21)18(23)20(4)10-12(2)19-17(22)16-8-5-13(3)24-16/h5-9,12,21H,10H2,1-4H3,(H,19,22). The molecule has 1 heterocycles. The molecule has 2 rings (SSSR count). The van der Waals surface area contributed by atoms with Crippen molar-refractivity contribution in [3.8, 4) is 5.75 Å². The van der Waals surface area contributed by atoms with Gasteiger partial charge in [-0.15, -0.1) is 11.3 Å². The molecule has 0 aliphatic carbocycles. The Kier molecular flexibility index (Phi) is 5.62. The SMILES string of the molecule is Cc1ccc(C(=O)NC(C)CN(C)C(=O)c2ccc(O)c(C)c2)s1. The van der Waals surface area contributed by atoms with Crippen LogP contribution in [0.25, 0.3) is 0 Å². The lowest BCUT2D eigenvalue weighted by Gasteiger charge is -2.22. The van der Waals surface area contributed by atoms with Crippen LogP contribution in [0.15, 0.2) is 30.3 Å². The summed E-state index contributed by atoms with van der Waals surface area (Å²) in [5.41, 5.74) is 1.17. The first kappa shape index (κ1) is 18.0. The lowest BCUT2D eigenvalue weighted by Crippen LogP contribution is -2.42. The summed E-state index contributed by atoms with van der Waals surface area (Å²) in [5.74, 6) is -0.103. The fraction of sp³-hybridized carbons (Fsp3) is 0.333. The number of thiophene rings is 1. The van der Waals surface area contributed by atoms with Crippen molar-refractivity contribution in [2.75, 3.05) is 13.6 Å². The molecule has 1 atom stereocenters. The molecule has 128 valence electrons. The van der Waals surface area contributed by atoms with E-state index in [1.807, 2.05) is 19.9 Å². The Hall–Kier alpha value is -2.34. The zero-order chi connectivity index (χ0) is 17.9. The van der Waals surface area contributed by atoms with Crippen LogP contribution in [0.3, 0.4) is 0 Å². The maximum Gasteiger partial charge on any atom is 0.261 e. The monoisotopic (exact) mass is 346 g/mol. The number of nitrogens with one attached hydrogen (secondary N) is 1. The van der Waals surface area contributed by atoms with Crippen LogP contribution in [0.2, 0.25) is 0 Å². The average Bonchev–Trinajstić information content (AvgIpc) is 2.95. The van der Waals surface area contributed by atoms with Gasteiger partial charge in [-0.25, -0.2) is 0 Å². The first-order valence-corrected chi connectivity index (χ1v) is 8.52. The number of nitrogens with zero attached hydrogens (tertiary/aromatic N) is 1. The molecule has 0 saturated carbocycles. The Morgan fingerprint density at radius 1 is 1.25 bits per heavy atom. The topological polar surface area (TPSA) is 69.6 Å². The van der Waals surface area contributed by atoms with Crippen LogP contribution in [0.5, 0.6) is 5.75 Å². The van der Waals surface area contributed by atoms with Gasteiger partial charge in [0.05, 0.1) is 4.88 Å². The highest BCUT2D eigenvalue weighted by atomic mass is 32.1. The number of carbonyl (C=O) groups excluding carboxylic acids is 2. The third-order valence-corrected chi connectivity index (χ3v) is 4.68.